The molecule has 4 amide bonds. The molecule has 0 saturated carbocycles. The standard InChI is InChI=1S/C21H29N9O6/c22-13(4-11-7-24-9-26-11)18(32)28-14(6-17(23)31)19(33)29-15(5-12-8-25-10-27-12)20(34)30-3-1-2-16(30)21(35)36/h7-10,13-16H,1-6,22H2,(H2,23,31)(H,24,26)(H,25,27)(H,28,32)(H,29,33)(H,35,36). The summed E-state index contributed by atoms with van der Waals surface area (Å²) in [6.07, 6.45) is 6.11. The lowest BCUT2D eigenvalue weighted by Gasteiger charge is -2.28. The minimum absolute atomic E-state index is 0.0238. The molecule has 194 valence electrons. The minimum atomic E-state index is -1.41. The van der Waals surface area contributed by atoms with Gasteiger partial charge in [0.05, 0.1) is 25.1 Å². The highest BCUT2D eigenvalue weighted by molar-refractivity contribution is 5.96. The SMILES string of the molecule is NC(=O)CC(NC(=O)C(N)Cc1cnc[nH]1)C(=O)NC(Cc1cnc[nH]1)C(=O)N1CCCC1C(=O)O. The molecule has 15 nitrogen and oxygen atoms in total. The minimum Gasteiger partial charge on any atom is -0.480 e. The van der Waals surface area contributed by atoms with Gasteiger partial charge in [0.1, 0.15) is 18.1 Å². The van der Waals surface area contributed by atoms with Crippen LogP contribution in [0.15, 0.2) is 25.0 Å². The number of carboxylic acid groups (broad SMARTS) is 1. The molecule has 1 fully saturated rings. The molecule has 4 unspecified atom stereocenters. The number of aromatic nitrogens is 4. The first kappa shape index (κ1) is 26.3. The van der Waals surface area contributed by atoms with Crippen LogP contribution in [0.1, 0.15) is 30.7 Å². The van der Waals surface area contributed by atoms with E-state index in [2.05, 4.69) is 30.6 Å². The lowest BCUT2D eigenvalue weighted by molar-refractivity contribution is -0.149. The molecule has 2 aromatic heterocycles. The Morgan fingerprint density at radius 2 is 1.64 bits per heavy atom. The van der Waals surface area contributed by atoms with Crippen molar-refractivity contribution in [3.05, 3.63) is 36.4 Å². The summed E-state index contributed by atoms with van der Waals surface area (Å²) >= 11 is 0. The molecule has 36 heavy (non-hydrogen) atoms. The Hall–Kier alpha value is -4.27. The van der Waals surface area contributed by atoms with E-state index in [0.29, 0.717) is 24.2 Å². The van der Waals surface area contributed by atoms with Gasteiger partial charge in [0.25, 0.3) is 0 Å². The average Bonchev–Trinajstić information content (AvgIpc) is 3.59. The highest BCUT2D eigenvalue weighted by atomic mass is 16.4. The van der Waals surface area contributed by atoms with Crippen molar-refractivity contribution in [1.82, 2.24) is 35.5 Å². The molecule has 0 aromatic carbocycles. The van der Waals surface area contributed by atoms with E-state index in [4.69, 9.17) is 11.5 Å². The van der Waals surface area contributed by atoms with Crippen molar-refractivity contribution in [3.63, 3.8) is 0 Å². The topological polar surface area (TPSA) is 242 Å². The van der Waals surface area contributed by atoms with Gasteiger partial charge < -0.3 is 42.1 Å². The molecule has 3 heterocycles. The molecule has 9 N–H and O–H groups in total. The zero-order valence-electron chi connectivity index (χ0n) is 19.3. The van der Waals surface area contributed by atoms with E-state index in [9.17, 15) is 29.1 Å². The van der Waals surface area contributed by atoms with Gasteiger partial charge >= 0.3 is 5.97 Å². The monoisotopic (exact) mass is 503 g/mol. The van der Waals surface area contributed by atoms with Crippen LogP contribution in [0.2, 0.25) is 0 Å². The number of amides is 4. The molecule has 3 rings (SSSR count). The Morgan fingerprint density at radius 3 is 2.19 bits per heavy atom. The molecular formula is C21H29N9O6. The summed E-state index contributed by atoms with van der Waals surface area (Å²) < 4.78 is 0. The van der Waals surface area contributed by atoms with E-state index < -0.39 is 60.2 Å². The summed E-state index contributed by atoms with van der Waals surface area (Å²) in [5.41, 5.74) is 12.3. The maximum absolute atomic E-state index is 13.3. The smallest absolute Gasteiger partial charge is 0.326 e. The second-order valence-corrected chi connectivity index (χ2v) is 8.49. The quantitative estimate of drug-likeness (QED) is 0.157. The van der Waals surface area contributed by atoms with Crippen molar-refractivity contribution >= 4 is 29.6 Å². The van der Waals surface area contributed by atoms with Crippen LogP contribution < -0.4 is 22.1 Å². The van der Waals surface area contributed by atoms with Crippen LogP contribution in [0.5, 0.6) is 0 Å². The lowest BCUT2D eigenvalue weighted by atomic mass is 10.1. The first-order valence-corrected chi connectivity index (χ1v) is 11.3. The molecule has 0 radical (unpaired) electrons. The number of carbonyl (C=O) groups excluding carboxylic acids is 4. The number of hydrogen-bond acceptors (Lipinski definition) is 8. The highest BCUT2D eigenvalue weighted by Gasteiger charge is 2.38. The number of nitrogens with two attached hydrogens (primary N) is 2. The van der Waals surface area contributed by atoms with Crippen molar-refractivity contribution in [1.29, 1.82) is 0 Å². The summed E-state index contributed by atoms with van der Waals surface area (Å²) in [5.74, 6) is -4.17. The zero-order chi connectivity index (χ0) is 26.2. The summed E-state index contributed by atoms with van der Waals surface area (Å²) in [5, 5.41) is 14.4. The summed E-state index contributed by atoms with van der Waals surface area (Å²) in [7, 11) is 0. The highest BCUT2D eigenvalue weighted by Crippen LogP contribution is 2.19. The number of H-pyrrole nitrogens is 2. The molecule has 4 atom stereocenters. The van der Waals surface area contributed by atoms with Gasteiger partial charge in [-0.2, -0.15) is 0 Å². The molecule has 15 heteroatoms. The zero-order valence-corrected chi connectivity index (χ0v) is 19.3. The van der Waals surface area contributed by atoms with E-state index in [1.807, 2.05) is 0 Å². The predicted octanol–water partition coefficient (Wildman–Crippen LogP) is -2.83. The first-order chi connectivity index (χ1) is 17.2. The van der Waals surface area contributed by atoms with Gasteiger partial charge in [0.2, 0.25) is 23.6 Å². The number of nitrogens with one attached hydrogen (secondary N) is 4. The van der Waals surface area contributed by atoms with Crippen molar-refractivity contribution < 1.29 is 29.1 Å². The van der Waals surface area contributed by atoms with E-state index in [-0.39, 0.29) is 19.4 Å². The number of likely N-dealkylation sites (tertiary alicyclic amines) is 1. The number of rotatable bonds is 12. The third-order valence-corrected chi connectivity index (χ3v) is 5.78. The number of primary amides is 1. The second-order valence-electron chi connectivity index (χ2n) is 8.49. The number of aliphatic carboxylic acids is 1. The molecule has 0 bridgehead atoms. The van der Waals surface area contributed by atoms with Gasteiger partial charge in [-0.05, 0) is 12.8 Å². The van der Waals surface area contributed by atoms with Crippen LogP contribution in [0.4, 0.5) is 0 Å². The fraction of sp³-hybridized carbons (Fsp3) is 0.476. The number of carboxylic acids is 1. The Balaban J connectivity index is 1.74. The molecule has 1 aliphatic rings. The van der Waals surface area contributed by atoms with Gasteiger partial charge in [-0.1, -0.05) is 0 Å². The van der Waals surface area contributed by atoms with Crippen molar-refractivity contribution in [2.75, 3.05) is 6.54 Å². The van der Waals surface area contributed by atoms with E-state index in [1.54, 1.807) is 0 Å². The maximum atomic E-state index is 13.3. The Morgan fingerprint density at radius 1 is 1.03 bits per heavy atom. The van der Waals surface area contributed by atoms with Crippen molar-refractivity contribution in [2.24, 2.45) is 11.5 Å². The van der Waals surface area contributed by atoms with Gasteiger partial charge in [-0.15, -0.1) is 0 Å². The molecule has 1 saturated heterocycles. The predicted molar refractivity (Wildman–Crippen MR) is 123 cm³/mol. The third-order valence-electron chi connectivity index (χ3n) is 5.78. The summed E-state index contributed by atoms with van der Waals surface area (Å²) in [6, 6.07) is -4.67. The fourth-order valence-electron chi connectivity index (χ4n) is 3.99. The van der Waals surface area contributed by atoms with Crippen LogP contribution in [-0.2, 0) is 36.8 Å². The number of imidazole rings is 2. The number of hydrogen-bond donors (Lipinski definition) is 7. The summed E-state index contributed by atoms with van der Waals surface area (Å²) in [6.45, 7) is 0.217. The van der Waals surface area contributed by atoms with Crippen LogP contribution in [0, 0.1) is 0 Å². The molecule has 0 aliphatic carbocycles. The van der Waals surface area contributed by atoms with Gasteiger partial charge in [0, 0.05) is 43.2 Å². The Labute approximate surface area is 205 Å². The van der Waals surface area contributed by atoms with Crippen LogP contribution >= 0.6 is 0 Å². The number of aromatic amines is 2. The average molecular weight is 504 g/mol. The second kappa shape index (κ2) is 11.9. The van der Waals surface area contributed by atoms with Crippen LogP contribution in [0.3, 0.4) is 0 Å². The normalized spacial score (nSPS) is 17.7. The number of carbonyl (C=O) groups is 5. The summed E-state index contributed by atoms with van der Waals surface area (Å²) in [4.78, 5) is 76.8. The Kier molecular flexibility index (Phi) is 8.72. The van der Waals surface area contributed by atoms with Crippen molar-refractivity contribution in [3.8, 4) is 0 Å². The van der Waals surface area contributed by atoms with Gasteiger partial charge in [-0.3, -0.25) is 19.2 Å². The number of nitrogens with zero attached hydrogens (tertiary/aromatic N) is 3. The Bertz CT molecular complexity index is 1070. The molecule has 0 spiro atoms. The van der Waals surface area contributed by atoms with Gasteiger partial charge in [0.15, 0.2) is 0 Å². The molecular weight excluding hydrogens is 474 g/mol. The van der Waals surface area contributed by atoms with Crippen LogP contribution in [0.25, 0.3) is 0 Å². The molecule has 2 aromatic rings. The third kappa shape index (κ3) is 6.88. The molecule has 1 aliphatic heterocycles. The lowest BCUT2D eigenvalue weighted by Crippen LogP contribution is -2.58. The van der Waals surface area contributed by atoms with E-state index in [1.165, 1.54) is 29.9 Å². The van der Waals surface area contributed by atoms with Crippen molar-refractivity contribution in [2.45, 2.75) is 56.3 Å². The maximum Gasteiger partial charge on any atom is 0.326 e. The van der Waals surface area contributed by atoms with Crippen LogP contribution in [-0.4, -0.2) is 90.3 Å². The van der Waals surface area contributed by atoms with E-state index >= 15 is 0 Å². The first-order valence-electron chi connectivity index (χ1n) is 11.3. The largest absolute Gasteiger partial charge is 0.480 e. The van der Waals surface area contributed by atoms with Gasteiger partial charge in [-0.25, -0.2) is 14.8 Å². The van der Waals surface area contributed by atoms with E-state index in [0.717, 1.165) is 0 Å². The fourth-order valence-corrected chi connectivity index (χ4v) is 3.99.